The molecule has 1 atom stereocenters. The molecular weight excluding hydrogens is 178 g/mol. The minimum absolute atomic E-state index is 0.145. The second-order valence-electron chi connectivity index (χ2n) is 3.18. The molecule has 2 N–H and O–H groups in total. The summed E-state index contributed by atoms with van der Waals surface area (Å²) in [6.07, 6.45) is 1.00. The van der Waals surface area contributed by atoms with Crippen LogP contribution in [0.1, 0.15) is 13.3 Å². The lowest BCUT2D eigenvalue weighted by atomic mass is 10.2. The smallest absolute Gasteiger partial charge is 0.123 e. The van der Waals surface area contributed by atoms with E-state index in [1.54, 1.807) is 7.11 Å². The molecule has 0 aliphatic rings. The molecule has 0 aliphatic heterocycles. The van der Waals surface area contributed by atoms with E-state index in [0.717, 1.165) is 17.9 Å². The first-order valence-electron chi connectivity index (χ1n) is 4.77. The Labute approximate surface area is 84.8 Å². The predicted molar refractivity (Wildman–Crippen MR) is 56.8 cm³/mol. The fourth-order valence-electron chi connectivity index (χ4n) is 1.20. The third-order valence-corrected chi connectivity index (χ3v) is 1.95. The average molecular weight is 195 g/mol. The summed E-state index contributed by atoms with van der Waals surface area (Å²) in [5, 5.41) is 0. The van der Waals surface area contributed by atoms with Gasteiger partial charge >= 0.3 is 0 Å². The molecule has 14 heavy (non-hydrogen) atoms. The van der Waals surface area contributed by atoms with Crippen LogP contribution in [0, 0.1) is 0 Å². The van der Waals surface area contributed by atoms with Gasteiger partial charge in [-0.25, -0.2) is 0 Å². The molecule has 0 bridgehead atoms. The van der Waals surface area contributed by atoms with Gasteiger partial charge in [-0.1, -0.05) is 6.07 Å². The molecule has 3 nitrogen and oxygen atoms in total. The summed E-state index contributed by atoms with van der Waals surface area (Å²) in [7, 11) is 1.64. The molecule has 0 saturated carbocycles. The number of hydrogen-bond donors (Lipinski definition) is 1. The van der Waals surface area contributed by atoms with Gasteiger partial charge in [0.15, 0.2) is 0 Å². The van der Waals surface area contributed by atoms with E-state index >= 15 is 0 Å². The Hall–Kier alpha value is -1.22. The molecule has 1 unspecified atom stereocenters. The van der Waals surface area contributed by atoms with Crippen molar-refractivity contribution in [1.29, 1.82) is 0 Å². The van der Waals surface area contributed by atoms with Gasteiger partial charge in [-0.05, 0) is 32.0 Å². The van der Waals surface area contributed by atoms with Gasteiger partial charge in [0, 0.05) is 6.07 Å². The molecule has 0 heterocycles. The first kappa shape index (κ1) is 10.9. The molecule has 78 valence electrons. The van der Waals surface area contributed by atoms with Gasteiger partial charge in [-0.3, -0.25) is 0 Å². The number of methoxy groups -OCH3 is 1. The van der Waals surface area contributed by atoms with Crippen LogP contribution < -0.4 is 15.2 Å². The highest BCUT2D eigenvalue weighted by molar-refractivity contribution is 5.32. The number of benzene rings is 1. The maximum Gasteiger partial charge on any atom is 0.123 e. The highest BCUT2D eigenvalue weighted by Crippen LogP contribution is 2.20. The van der Waals surface area contributed by atoms with Crippen molar-refractivity contribution < 1.29 is 9.47 Å². The molecule has 0 spiro atoms. The molecule has 0 aliphatic carbocycles. The summed E-state index contributed by atoms with van der Waals surface area (Å²) < 4.78 is 10.7. The van der Waals surface area contributed by atoms with E-state index in [1.807, 2.05) is 31.2 Å². The van der Waals surface area contributed by atoms with Gasteiger partial charge in [0.25, 0.3) is 0 Å². The molecule has 1 aromatic carbocycles. The van der Waals surface area contributed by atoms with E-state index in [-0.39, 0.29) is 6.10 Å². The molecular formula is C11H17NO2. The van der Waals surface area contributed by atoms with Crippen molar-refractivity contribution in [2.75, 3.05) is 13.7 Å². The van der Waals surface area contributed by atoms with E-state index in [4.69, 9.17) is 15.2 Å². The van der Waals surface area contributed by atoms with Crippen LogP contribution in [0.25, 0.3) is 0 Å². The van der Waals surface area contributed by atoms with Gasteiger partial charge in [-0.2, -0.15) is 0 Å². The van der Waals surface area contributed by atoms with Crippen LogP contribution in [0.3, 0.4) is 0 Å². The monoisotopic (exact) mass is 195 g/mol. The minimum atomic E-state index is 0.145. The molecule has 0 amide bonds. The van der Waals surface area contributed by atoms with E-state index in [9.17, 15) is 0 Å². The normalized spacial score (nSPS) is 12.2. The molecule has 3 heteroatoms. The lowest BCUT2D eigenvalue weighted by molar-refractivity contribution is 0.213. The Morgan fingerprint density at radius 2 is 2.07 bits per heavy atom. The van der Waals surface area contributed by atoms with E-state index in [0.29, 0.717) is 6.54 Å². The zero-order valence-electron chi connectivity index (χ0n) is 8.69. The van der Waals surface area contributed by atoms with Crippen molar-refractivity contribution in [2.24, 2.45) is 5.73 Å². The molecule has 0 aromatic heterocycles. The maximum absolute atomic E-state index is 5.64. The summed E-state index contributed by atoms with van der Waals surface area (Å²) >= 11 is 0. The molecule has 1 rings (SSSR count). The van der Waals surface area contributed by atoms with Crippen molar-refractivity contribution in [3.63, 3.8) is 0 Å². The van der Waals surface area contributed by atoms with E-state index in [2.05, 4.69) is 0 Å². The Bertz CT molecular complexity index is 276. The number of ether oxygens (including phenoxy) is 2. The third-order valence-electron chi connectivity index (χ3n) is 1.95. The first-order chi connectivity index (χ1) is 6.76. The number of nitrogens with two attached hydrogens (primary N) is 1. The molecule has 1 aromatic rings. The van der Waals surface area contributed by atoms with E-state index < -0.39 is 0 Å². The Kier molecular flexibility index (Phi) is 4.26. The van der Waals surface area contributed by atoms with Crippen molar-refractivity contribution in [3.8, 4) is 11.5 Å². The standard InChI is InChI=1S/C11H17NO2/c1-9(6-7-12)14-11-5-3-4-10(8-11)13-2/h3-5,8-9H,6-7,12H2,1-2H3. The zero-order chi connectivity index (χ0) is 10.4. The van der Waals surface area contributed by atoms with Crippen molar-refractivity contribution in [2.45, 2.75) is 19.4 Å². The lowest BCUT2D eigenvalue weighted by Crippen LogP contribution is -2.16. The lowest BCUT2D eigenvalue weighted by Gasteiger charge is -2.13. The first-order valence-corrected chi connectivity index (χ1v) is 4.77. The van der Waals surface area contributed by atoms with Gasteiger partial charge in [0.1, 0.15) is 11.5 Å². The van der Waals surface area contributed by atoms with Crippen LogP contribution >= 0.6 is 0 Å². The van der Waals surface area contributed by atoms with Gasteiger partial charge in [0.2, 0.25) is 0 Å². The second kappa shape index (κ2) is 5.50. The average Bonchev–Trinajstić information content (AvgIpc) is 2.18. The van der Waals surface area contributed by atoms with Crippen molar-refractivity contribution in [3.05, 3.63) is 24.3 Å². The highest BCUT2D eigenvalue weighted by Gasteiger charge is 2.03. The predicted octanol–water partition coefficient (Wildman–Crippen LogP) is 1.81. The van der Waals surface area contributed by atoms with Gasteiger partial charge in [-0.15, -0.1) is 0 Å². The van der Waals surface area contributed by atoms with Crippen molar-refractivity contribution in [1.82, 2.24) is 0 Å². The van der Waals surface area contributed by atoms with Crippen LogP contribution in [-0.4, -0.2) is 19.8 Å². The second-order valence-corrected chi connectivity index (χ2v) is 3.18. The fraction of sp³-hybridized carbons (Fsp3) is 0.455. The molecule has 0 saturated heterocycles. The SMILES string of the molecule is COc1cccc(OC(C)CCN)c1. The van der Waals surface area contributed by atoms with E-state index in [1.165, 1.54) is 0 Å². The van der Waals surface area contributed by atoms with Gasteiger partial charge < -0.3 is 15.2 Å². The summed E-state index contributed by atoms with van der Waals surface area (Å²) in [5.41, 5.74) is 5.43. The minimum Gasteiger partial charge on any atom is -0.497 e. The topological polar surface area (TPSA) is 44.5 Å². The fourth-order valence-corrected chi connectivity index (χ4v) is 1.20. The Morgan fingerprint density at radius 1 is 1.36 bits per heavy atom. The summed E-state index contributed by atoms with van der Waals surface area (Å²) in [4.78, 5) is 0. The Morgan fingerprint density at radius 3 is 2.71 bits per heavy atom. The summed E-state index contributed by atoms with van der Waals surface area (Å²) in [6.45, 7) is 2.65. The number of rotatable bonds is 5. The van der Waals surface area contributed by atoms with Crippen LogP contribution in [-0.2, 0) is 0 Å². The van der Waals surface area contributed by atoms with Gasteiger partial charge in [0.05, 0.1) is 13.2 Å². The van der Waals surface area contributed by atoms with Crippen LogP contribution in [0.5, 0.6) is 11.5 Å². The van der Waals surface area contributed by atoms with Crippen LogP contribution in [0.2, 0.25) is 0 Å². The highest BCUT2D eigenvalue weighted by atomic mass is 16.5. The quantitative estimate of drug-likeness (QED) is 0.779. The zero-order valence-corrected chi connectivity index (χ0v) is 8.69. The molecule has 0 radical (unpaired) electrons. The Balaban J connectivity index is 2.57. The van der Waals surface area contributed by atoms with Crippen molar-refractivity contribution >= 4 is 0 Å². The summed E-state index contributed by atoms with van der Waals surface area (Å²) in [6, 6.07) is 7.58. The summed E-state index contributed by atoms with van der Waals surface area (Å²) in [5.74, 6) is 1.63. The van der Waals surface area contributed by atoms with Crippen LogP contribution in [0.15, 0.2) is 24.3 Å². The third kappa shape index (κ3) is 3.26. The van der Waals surface area contributed by atoms with Crippen LogP contribution in [0.4, 0.5) is 0 Å². The largest absolute Gasteiger partial charge is 0.497 e. The molecule has 0 fully saturated rings. The number of hydrogen-bond acceptors (Lipinski definition) is 3. The maximum atomic E-state index is 5.64.